The Kier molecular flexibility index (Phi) is 3.48. The lowest BCUT2D eigenvalue weighted by Gasteiger charge is -2.18. The molecule has 0 aromatic heterocycles. The maximum atomic E-state index is 11.3. The van der Waals surface area contributed by atoms with Crippen molar-refractivity contribution in [2.24, 2.45) is 0 Å². The van der Waals surface area contributed by atoms with E-state index in [1.54, 1.807) is 13.8 Å². The Labute approximate surface area is 92.8 Å². The van der Waals surface area contributed by atoms with Crippen LogP contribution in [0.1, 0.15) is 13.8 Å². The van der Waals surface area contributed by atoms with Gasteiger partial charge < -0.3 is 15.7 Å². The van der Waals surface area contributed by atoms with Crippen LogP contribution in [0, 0.1) is 0 Å². The van der Waals surface area contributed by atoms with Crippen molar-refractivity contribution in [2.75, 3.05) is 19.6 Å². The van der Waals surface area contributed by atoms with Gasteiger partial charge in [0.25, 0.3) is 5.91 Å². The van der Waals surface area contributed by atoms with Crippen LogP contribution >= 0.6 is 0 Å². The second-order valence-electron chi connectivity index (χ2n) is 4.23. The molecule has 0 aromatic carbocycles. The van der Waals surface area contributed by atoms with E-state index in [9.17, 15) is 19.5 Å². The van der Waals surface area contributed by atoms with Gasteiger partial charge in [-0.3, -0.25) is 14.5 Å². The van der Waals surface area contributed by atoms with Crippen molar-refractivity contribution in [2.45, 2.75) is 19.4 Å². The van der Waals surface area contributed by atoms with E-state index >= 15 is 0 Å². The van der Waals surface area contributed by atoms with Crippen LogP contribution in [-0.4, -0.2) is 53.1 Å². The molecule has 1 heterocycles. The highest BCUT2D eigenvalue weighted by atomic mass is 16.3. The zero-order valence-corrected chi connectivity index (χ0v) is 9.24. The predicted molar refractivity (Wildman–Crippen MR) is 54.4 cm³/mol. The first-order chi connectivity index (χ1) is 7.29. The number of hydrogen-bond acceptors (Lipinski definition) is 4. The monoisotopic (exact) mass is 229 g/mol. The lowest BCUT2D eigenvalue weighted by atomic mass is 10.1. The third-order valence-electron chi connectivity index (χ3n) is 1.96. The zero-order valence-electron chi connectivity index (χ0n) is 9.24. The van der Waals surface area contributed by atoms with Crippen LogP contribution in [0.3, 0.4) is 0 Å². The summed E-state index contributed by atoms with van der Waals surface area (Å²) >= 11 is 0. The summed E-state index contributed by atoms with van der Waals surface area (Å²) in [6.07, 6.45) is 0. The number of carbonyl (C=O) groups excluding carboxylic acids is 3. The second kappa shape index (κ2) is 4.48. The maximum Gasteiger partial charge on any atom is 0.325 e. The third-order valence-corrected chi connectivity index (χ3v) is 1.96. The molecule has 1 aliphatic rings. The van der Waals surface area contributed by atoms with Crippen molar-refractivity contribution in [3.8, 4) is 0 Å². The van der Waals surface area contributed by atoms with E-state index in [1.165, 1.54) is 0 Å². The minimum atomic E-state index is -1.02. The molecule has 1 saturated heterocycles. The molecule has 1 rings (SSSR count). The summed E-state index contributed by atoms with van der Waals surface area (Å²) in [5, 5.41) is 14.1. The van der Waals surface area contributed by atoms with Crippen LogP contribution in [0.4, 0.5) is 4.79 Å². The molecule has 1 fully saturated rings. The van der Waals surface area contributed by atoms with Gasteiger partial charge >= 0.3 is 6.03 Å². The van der Waals surface area contributed by atoms with Crippen LogP contribution < -0.4 is 10.6 Å². The molecule has 0 radical (unpaired) electrons. The molecule has 0 unspecified atom stereocenters. The van der Waals surface area contributed by atoms with Gasteiger partial charge in [0.2, 0.25) is 5.91 Å². The smallest absolute Gasteiger partial charge is 0.325 e. The van der Waals surface area contributed by atoms with Crippen LogP contribution in [0.25, 0.3) is 0 Å². The fourth-order valence-electron chi connectivity index (χ4n) is 1.13. The largest absolute Gasteiger partial charge is 0.389 e. The minimum absolute atomic E-state index is 0.0650. The van der Waals surface area contributed by atoms with E-state index in [-0.39, 0.29) is 19.6 Å². The Hall–Kier alpha value is -1.63. The molecule has 90 valence electrons. The molecule has 0 aromatic rings. The zero-order chi connectivity index (χ0) is 12.3. The highest BCUT2D eigenvalue weighted by Gasteiger charge is 2.30. The van der Waals surface area contributed by atoms with Crippen LogP contribution in [0.15, 0.2) is 0 Å². The van der Waals surface area contributed by atoms with Crippen molar-refractivity contribution in [3.63, 3.8) is 0 Å². The topological polar surface area (TPSA) is 98.7 Å². The van der Waals surface area contributed by atoms with Crippen molar-refractivity contribution in [1.29, 1.82) is 0 Å². The maximum absolute atomic E-state index is 11.3. The molecule has 16 heavy (non-hydrogen) atoms. The lowest BCUT2D eigenvalue weighted by Crippen LogP contribution is -2.45. The number of rotatable bonds is 4. The molecule has 7 heteroatoms. The number of amides is 4. The fourth-order valence-corrected chi connectivity index (χ4v) is 1.13. The van der Waals surface area contributed by atoms with Gasteiger partial charge in [0.05, 0.1) is 12.1 Å². The molecule has 1 aliphatic heterocycles. The van der Waals surface area contributed by atoms with E-state index < -0.39 is 23.4 Å². The summed E-state index contributed by atoms with van der Waals surface area (Å²) in [5.74, 6) is -0.907. The van der Waals surface area contributed by atoms with Gasteiger partial charge in [-0.05, 0) is 13.8 Å². The van der Waals surface area contributed by atoms with Crippen LogP contribution in [-0.2, 0) is 9.59 Å². The van der Waals surface area contributed by atoms with Crippen LogP contribution in [0.5, 0.6) is 0 Å². The molecule has 0 atom stereocenters. The van der Waals surface area contributed by atoms with Crippen molar-refractivity contribution >= 4 is 17.8 Å². The van der Waals surface area contributed by atoms with Gasteiger partial charge in [-0.1, -0.05) is 0 Å². The highest BCUT2D eigenvalue weighted by Crippen LogP contribution is 1.99. The van der Waals surface area contributed by atoms with E-state index in [2.05, 4.69) is 10.6 Å². The summed E-state index contributed by atoms with van der Waals surface area (Å²) in [5.41, 5.74) is -1.02. The van der Waals surface area contributed by atoms with Gasteiger partial charge in [0.1, 0.15) is 6.54 Å². The van der Waals surface area contributed by atoms with Crippen molar-refractivity contribution in [3.05, 3.63) is 0 Å². The Morgan fingerprint density at radius 2 is 2.19 bits per heavy atom. The lowest BCUT2D eigenvalue weighted by molar-refractivity contribution is -0.131. The fraction of sp³-hybridized carbons (Fsp3) is 0.667. The summed E-state index contributed by atoms with van der Waals surface area (Å²) in [6.45, 7) is 2.76. The summed E-state index contributed by atoms with van der Waals surface area (Å²) < 4.78 is 0. The first-order valence-electron chi connectivity index (χ1n) is 4.87. The Morgan fingerprint density at radius 3 is 2.62 bits per heavy atom. The normalized spacial score (nSPS) is 16.3. The molecule has 0 aliphatic carbocycles. The third kappa shape index (κ3) is 3.50. The summed E-state index contributed by atoms with van der Waals surface area (Å²) in [4.78, 5) is 34.4. The molecule has 7 nitrogen and oxygen atoms in total. The van der Waals surface area contributed by atoms with Gasteiger partial charge in [-0.25, -0.2) is 4.79 Å². The standard InChI is InChI=1S/C9H15N3O4/c1-9(2,16)5-11-6(13)4-12-7(14)3-10-8(12)15/h16H,3-5H2,1-2H3,(H,10,15)(H,11,13). The average molecular weight is 229 g/mol. The Morgan fingerprint density at radius 1 is 1.56 bits per heavy atom. The van der Waals surface area contributed by atoms with E-state index in [1.807, 2.05) is 0 Å². The van der Waals surface area contributed by atoms with Crippen LogP contribution in [0.2, 0.25) is 0 Å². The quantitative estimate of drug-likeness (QED) is 0.507. The second-order valence-corrected chi connectivity index (χ2v) is 4.23. The SMILES string of the molecule is CC(C)(O)CNC(=O)CN1C(=O)CNC1=O. The number of hydrogen-bond donors (Lipinski definition) is 3. The molecule has 0 bridgehead atoms. The summed E-state index contributed by atoms with van der Waals surface area (Å²) in [6, 6.07) is -0.566. The van der Waals surface area contributed by atoms with Gasteiger partial charge in [0.15, 0.2) is 0 Å². The Bertz CT molecular complexity index is 305. The number of carbonyl (C=O) groups is 3. The number of nitrogens with zero attached hydrogens (tertiary/aromatic N) is 1. The molecule has 0 spiro atoms. The average Bonchev–Trinajstić information content (AvgIpc) is 2.45. The van der Waals surface area contributed by atoms with Gasteiger partial charge in [0, 0.05) is 6.54 Å². The van der Waals surface area contributed by atoms with E-state index in [0.717, 1.165) is 4.90 Å². The molecular weight excluding hydrogens is 214 g/mol. The number of aliphatic hydroxyl groups is 1. The molecular formula is C9H15N3O4. The molecule has 3 N–H and O–H groups in total. The number of imide groups is 1. The minimum Gasteiger partial charge on any atom is -0.389 e. The number of urea groups is 1. The first kappa shape index (κ1) is 12.4. The van der Waals surface area contributed by atoms with E-state index in [0.29, 0.717) is 0 Å². The Balaban J connectivity index is 2.40. The van der Waals surface area contributed by atoms with Crippen molar-refractivity contribution < 1.29 is 19.5 Å². The predicted octanol–water partition coefficient (Wildman–Crippen LogP) is -1.57. The van der Waals surface area contributed by atoms with Gasteiger partial charge in [-0.2, -0.15) is 0 Å². The summed E-state index contributed by atoms with van der Waals surface area (Å²) in [7, 11) is 0. The highest BCUT2D eigenvalue weighted by molar-refractivity contribution is 6.04. The molecule has 0 saturated carbocycles. The molecule has 4 amide bonds. The number of nitrogens with one attached hydrogen (secondary N) is 2. The first-order valence-corrected chi connectivity index (χ1v) is 4.87. The van der Waals surface area contributed by atoms with Crippen molar-refractivity contribution in [1.82, 2.24) is 15.5 Å². The van der Waals surface area contributed by atoms with Gasteiger partial charge in [-0.15, -0.1) is 0 Å². The van der Waals surface area contributed by atoms with E-state index in [4.69, 9.17) is 0 Å².